The van der Waals surface area contributed by atoms with Crippen LogP contribution in [-0.2, 0) is 23.1 Å². The molecule has 2 bridgehead atoms. The van der Waals surface area contributed by atoms with Gasteiger partial charge in [0.15, 0.2) is 11.5 Å². The van der Waals surface area contributed by atoms with Crippen molar-refractivity contribution >= 4 is 0 Å². The second-order valence-electron chi connectivity index (χ2n) is 12.9. The lowest BCUT2D eigenvalue weighted by molar-refractivity contribution is -0.140. The van der Waals surface area contributed by atoms with E-state index in [1.54, 1.807) is 7.11 Å². The molecule has 3 atom stereocenters. The lowest BCUT2D eigenvalue weighted by atomic mass is 9.53. The minimum atomic E-state index is -0.206. The molecule has 230 valence electrons. The van der Waals surface area contributed by atoms with Gasteiger partial charge in [0, 0.05) is 36.7 Å². The van der Waals surface area contributed by atoms with Gasteiger partial charge in [-0.05, 0) is 100 Å². The van der Waals surface area contributed by atoms with E-state index in [0.29, 0.717) is 6.04 Å². The third-order valence-electron chi connectivity index (χ3n) is 10.4. The number of nitrogens with zero attached hydrogens (tertiary/aromatic N) is 2. The molecule has 4 aliphatic rings. The highest BCUT2D eigenvalue weighted by Gasteiger charge is 2.67. The summed E-state index contributed by atoms with van der Waals surface area (Å²) in [6, 6.07) is 25.9. The van der Waals surface area contributed by atoms with Gasteiger partial charge in [0.25, 0.3) is 0 Å². The summed E-state index contributed by atoms with van der Waals surface area (Å²) in [6.07, 6.45) is 8.13. The molecular weight excluding hydrogens is 532 g/mol. The summed E-state index contributed by atoms with van der Waals surface area (Å²) in [5, 5.41) is 0. The predicted octanol–water partition coefficient (Wildman–Crippen LogP) is 7.86. The maximum Gasteiger partial charge on any atom is 0.173 e. The molecule has 0 radical (unpaired) electrons. The summed E-state index contributed by atoms with van der Waals surface area (Å²) in [7, 11) is 4.02. The fourth-order valence-electron chi connectivity index (χ4n) is 8.34. The average Bonchev–Trinajstić information content (AvgIpc) is 3.77. The Morgan fingerprint density at radius 1 is 0.953 bits per heavy atom. The van der Waals surface area contributed by atoms with Gasteiger partial charge in [-0.2, -0.15) is 0 Å². The van der Waals surface area contributed by atoms with Crippen molar-refractivity contribution in [3.63, 3.8) is 0 Å². The van der Waals surface area contributed by atoms with Gasteiger partial charge in [-0.25, -0.2) is 0 Å². The Hall–Kier alpha value is -2.86. The fraction of sp³-hybridized carbons (Fsp3) is 0.526. The van der Waals surface area contributed by atoms with Crippen molar-refractivity contribution in [3.05, 3.63) is 89.5 Å². The van der Waals surface area contributed by atoms with E-state index in [1.165, 1.54) is 36.1 Å². The molecule has 7 rings (SSSR count). The van der Waals surface area contributed by atoms with Crippen molar-refractivity contribution in [3.8, 4) is 17.2 Å². The van der Waals surface area contributed by atoms with Crippen LogP contribution in [0.1, 0.15) is 69.1 Å². The number of methoxy groups -OCH3 is 1. The molecule has 0 amide bonds. The highest BCUT2D eigenvalue weighted by Crippen LogP contribution is 2.63. The van der Waals surface area contributed by atoms with Gasteiger partial charge < -0.3 is 19.1 Å². The molecule has 0 N–H and O–H groups in total. The highest BCUT2D eigenvalue weighted by molar-refractivity contribution is 5.60. The zero-order chi connectivity index (χ0) is 29.9. The first-order chi connectivity index (χ1) is 21.1. The van der Waals surface area contributed by atoms with Crippen molar-refractivity contribution in [2.24, 2.45) is 5.92 Å². The summed E-state index contributed by atoms with van der Waals surface area (Å²) in [5.41, 5.74) is 3.88. The van der Waals surface area contributed by atoms with E-state index >= 15 is 0 Å². The molecule has 3 aromatic carbocycles. The zero-order valence-corrected chi connectivity index (χ0v) is 26.7. The lowest BCUT2D eigenvalue weighted by Crippen LogP contribution is -2.70. The second-order valence-corrected chi connectivity index (χ2v) is 12.9. The van der Waals surface area contributed by atoms with E-state index in [-0.39, 0.29) is 11.0 Å². The molecule has 3 aromatic rings. The summed E-state index contributed by atoms with van der Waals surface area (Å²) < 4.78 is 19.8. The molecule has 5 nitrogen and oxygen atoms in total. The molecule has 3 unspecified atom stereocenters. The molecule has 5 heteroatoms. The van der Waals surface area contributed by atoms with Crippen LogP contribution in [-0.4, -0.2) is 61.8 Å². The van der Waals surface area contributed by atoms with Crippen LogP contribution in [0.4, 0.5) is 0 Å². The lowest BCUT2D eigenvalue weighted by Gasteiger charge is -2.61. The Labute approximate surface area is 259 Å². The number of piperidine rings is 1. The van der Waals surface area contributed by atoms with E-state index in [4.69, 9.17) is 14.2 Å². The normalized spacial score (nSPS) is 25.8. The quantitative estimate of drug-likeness (QED) is 0.230. The second kappa shape index (κ2) is 13.0. The SMILES string of the molecule is CC.COc1ccc2c(c1Oc1ccccc1)C13CCOC1(CCCN(C)Cc1ccccc1)C(C2)N(CC1CC1)CC3. The average molecular weight is 583 g/mol. The first kappa shape index (κ1) is 30.2. The molecule has 2 aliphatic heterocycles. The third-order valence-corrected chi connectivity index (χ3v) is 10.4. The van der Waals surface area contributed by atoms with Gasteiger partial charge in [0.05, 0.1) is 12.7 Å². The van der Waals surface area contributed by atoms with Gasteiger partial charge in [-0.15, -0.1) is 0 Å². The predicted molar refractivity (Wildman–Crippen MR) is 174 cm³/mol. The highest BCUT2D eigenvalue weighted by atomic mass is 16.5. The van der Waals surface area contributed by atoms with E-state index in [9.17, 15) is 0 Å². The summed E-state index contributed by atoms with van der Waals surface area (Å²) in [6.45, 7) is 9.21. The monoisotopic (exact) mass is 582 g/mol. The van der Waals surface area contributed by atoms with Crippen LogP contribution in [0.25, 0.3) is 0 Å². The number of likely N-dealkylation sites (tertiary alicyclic amines) is 1. The standard InChI is InChI=1S/C36H44N2O3.C2H6/c1-37(25-27-10-5-3-6-11-27)21-9-18-36-32-24-29-16-17-31(39-2)34(41-30-12-7-4-8-13-30)33(29)35(36,20-23-40-36)19-22-38(32)26-28-14-15-28;1-2/h3-8,10-13,16-17,28,32H,9,14-15,18-26H2,1-2H3;1-2H3. The number of hydrogen-bond donors (Lipinski definition) is 0. The molecule has 0 spiro atoms. The van der Waals surface area contributed by atoms with Crippen molar-refractivity contribution in [2.45, 2.75) is 82.4 Å². The van der Waals surface area contributed by atoms with E-state index in [2.05, 4.69) is 59.3 Å². The Balaban J connectivity index is 0.00000161. The number of rotatable bonds is 11. The minimum absolute atomic E-state index is 0.0675. The number of hydrogen-bond acceptors (Lipinski definition) is 5. The van der Waals surface area contributed by atoms with Crippen molar-refractivity contribution in [2.75, 3.05) is 40.4 Å². The summed E-state index contributed by atoms with van der Waals surface area (Å²) in [5.74, 6) is 3.45. The van der Waals surface area contributed by atoms with E-state index in [1.807, 2.05) is 44.2 Å². The van der Waals surface area contributed by atoms with Crippen LogP contribution in [0.3, 0.4) is 0 Å². The van der Waals surface area contributed by atoms with Crippen LogP contribution >= 0.6 is 0 Å². The Kier molecular flexibility index (Phi) is 9.13. The maximum absolute atomic E-state index is 7.11. The van der Waals surface area contributed by atoms with Crippen LogP contribution in [0, 0.1) is 5.92 Å². The zero-order valence-electron chi connectivity index (χ0n) is 26.7. The Morgan fingerprint density at radius 2 is 1.70 bits per heavy atom. The van der Waals surface area contributed by atoms with Crippen molar-refractivity contribution < 1.29 is 14.2 Å². The van der Waals surface area contributed by atoms with Crippen molar-refractivity contribution in [1.29, 1.82) is 0 Å². The number of benzene rings is 3. The van der Waals surface area contributed by atoms with Gasteiger partial charge >= 0.3 is 0 Å². The first-order valence-corrected chi connectivity index (χ1v) is 16.7. The van der Waals surface area contributed by atoms with Gasteiger partial charge in [0.2, 0.25) is 0 Å². The Morgan fingerprint density at radius 3 is 2.42 bits per heavy atom. The van der Waals surface area contributed by atoms with Crippen molar-refractivity contribution in [1.82, 2.24) is 9.80 Å². The van der Waals surface area contributed by atoms with Crippen LogP contribution in [0.5, 0.6) is 17.2 Å². The fourth-order valence-corrected chi connectivity index (χ4v) is 8.34. The molecule has 2 aliphatic carbocycles. The molecule has 0 aromatic heterocycles. The summed E-state index contributed by atoms with van der Waals surface area (Å²) >= 11 is 0. The topological polar surface area (TPSA) is 34.2 Å². The maximum atomic E-state index is 7.11. The molecule has 2 saturated heterocycles. The van der Waals surface area contributed by atoms with Crippen LogP contribution in [0.15, 0.2) is 72.8 Å². The van der Waals surface area contributed by atoms with E-state index < -0.39 is 0 Å². The minimum Gasteiger partial charge on any atom is -0.493 e. The van der Waals surface area contributed by atoms with Gasteiger partial charge in [0.1, 0.15) is 5.75 Å². The van der Waals surface area contributed by atoms with Crippen LogP contribution in [0.2, 0.25) is 0 Å². The third kappa shape index (κ3) is 5.72. The number of ether oxygens (including phenoxy) is 3. The van der Waals surface area contributed by atoms with E-state index in [0.717, 1.165) is 81.5 Å². The van der Waals surface area contributed by atoms with Gasteiger partial charge in [-0.1, -0.05) is 68.4 Å². The molecule has 3 fully saturated rings. The smallest absolute Gasteiger partial charge is 0.173 e. The molecule has 1 saturated carbocycles. The molecule has 43 heavy (non-hydrogen) atoms. The number of para-hydroxylation sites is 1. The summed E-state index contributed by atoms with van der Waals surface area (Å²) in [4.78, 5) is 5.29. The van der Waals surface area contributed by atoms with Gasteiger partial charge in [-0.3, -0.25) is 4.90 Å². The molecular formula is C38H50N2O3. The first-order valence-electron chi connectivity index (χ1n) is 16.7. The number of fused-ring (bicyclic) bond motifs is 1. The molecule has 2 heterocycles. The Bertz CT molecular complexity index is 1340. The largest absolute Gasteiger partial charge is 0.493 e. The van der Waals surface area contributed by atoms with Crippen LogP contribution < -0.4 is 9.47 Å².